The maximum absolute atomic E-state index is 13.1. The molecule has 0 spiro atoms. The van der Waals surface area contributed by atoms with Gasteiger partial charge in [0, 0.05) is 6.61 Å². The van der Waals surface area contributed by atoms with Crippen molar-refractivity contribution in [3.63, 3.8) is 0 Å². The molecule has 0 bridgehead atoms. The number of rotatable bonds is 17. The SMILES string of the molecule is CCCCCCCCCC(CCCC(CCCC)C(F)(F)F)OCC. The Balaban J connectivity index is 3.99. The van der Waals surface area contributed by atoms with Gasteiger partial charge in [-0.25, -0.2) is 0 Å². The van der Waals surface area contributed by atoms with Crippen molar-refractivity contribution >= 4 is 0 Å². The highest BCUT2D eigenvalue weighted by Gasteiger charge is 2.38. The van der Waals surface area contributed by atoms with Crippen molar-refractivity contribution in [3.8, 4) is 0 Å². The van der Waals surface area contributed by atoms with E-state index in [2.05, 4.69) is 6.92 Å². The molecule has 2 atom stereocenters. The number of hydrogen-bond acceptors (Lipinski definition) is 1. The van der Waals surface area contributed by atoms with Gasteiger partial charge in [0.25, 0.3) is 0 Å². The average Bonchev–Trinajstić information content (AvgIpc) is 2.55. The van der Waals surface area contributed by atoms with Crippen molar-refractivity contribution in [2.75, 3.05) is 6.61 Å². The van der Waals surface area contributed by atoms with E-state index in [0.29, 0.717) is 19.4 Å². The largest absolute Gasteiger partial charge is 0.391 e. The third kappa shape index (κ3) is 14.6. The Morgan fingerprint density at radius 2 is 1.16 bits per heavy atom. The topological polar surface area (TPSA) is 9.23 Å². The first-order valence-corrected chi connectivity index (χ1v) is 10.6. The highest BCUT2D eigenvalue weighted by atomic mass is 19.4. The van der Waals surface area contributed by atoms with Crippen molar-refractivity contribution in [2.45, 2.75) is 123 Å². The van der Waals surface area contributed by atoms with Crippen molar-refractivity contribution in [3.05, 3.63) is 0 Å². The minimum Gasteiger partial charge on any atom is -0.379 e. The molecule has 152 valence electrons. The van der Waals surface area contributed by atoms with E-state index in [-0.39, 0.29) is 18.9 Å². The van der Waals surface area contributed by atoms with E-state index in [1.807, 2.05) is 13.8 Å². The highest BCUT2D eigenvalue weighted by molar-refractivity contribution is 4.69. The molecule has 0 fully saturated rings. The summed E-state index contributed by atoms with van der Waals surface area (Å²) in [6.07, 6.45) is 9.32. The molecule has 0 saturated carbocycles. The summed E-state index contributed by atoms with van der Waals surface area (Å²) in [7, 11) is 0. The summed E-state index contributed by atoms with van der Waals surface area (Å²) in [5, 5.41) is 0. The number of halogens is 3. The summed E-state index contributed by atoms with van der Waals surface area (Å²) >= 11 is 0. The van der Waals surface area contributed by atoms with Crippen molar-refractivity contribution < 1.29 is 17.9 Å². The molecule has 0 aliphatic carbocycles. The average molecular weight is 367 g/mol. The van der Waals surface area contributed by atoms with E-state index < -0.39 is 12.1 Å². The normalized spacial score (nSPS) is 14.6. The van der Waals surface area contributed by atoms with Crippen LogP contribution in [0.15, 0.2) is 0 Å². The number of unbranched alkanes of at least 4 members (excludes halogenated alkanes) is 7. The Bertz CT molecular complexity index is 279. The molecule has 0 saturated heterocycles. The molecule has 0 rings (SSSR count). The Kier molecular flexibility index (Phi) is 15.8. The van der Waals surface area contributed by atoms with Gasteiger partial charge in [0.15, 0.2) is 0 Å². The fourth-order valence-electron chi connectivity index (χ4n) is 3.39. The van der Waals surface area contributed by atoms with E-state index in [1.54, 1.807) is 0 Å². The molecule has 0 aliphatic rings. The Morgan fingerprint density at radius 3 is 1.72 bits per heavy atom. The van der Waals surface area contributed by atoms with E-state index in [4.69, 9.17) is 4.74 Å². The molecule has 1 nitrogen and oxygen atoms in total. The standard InChI is InChI=1S/C21H41F3O/c1-4-7-9-10-11-12-13-17-20(25-6-3)18-14-16-19(15-8-5-2)21(22,23)24/h19-20H,4-18H2,1-3H3. The van der Waals surface area contributed by atoms with Crippen LogP contribution in [0.1, 0.15) is 111 Å². The second-order valence-electron chi connectivity index (χ2n) is 7.30. The maximum Gasteiger partial charge on any atom is 0.391 e. The number of hydrogen-bond donors (Lipinski definition) is 0. The van der Waals surface area contributed by atoms with Crippen LogP contribution in [0.3, 0.4) is 0 Å². The summed E-state index contributed by atoms with van der Waals surface area (Å²) in [5.74, 6) is -1.13. The molecular weight excluding hydrogens is 325 g/mol. The zero-order valence-electron chi connectivity index (χ0n) is 16.8. The van der Waals surface area contributed by atoms with Crippen LogP contribution in [-0.2, 0) is 4.74 Å². The summed E-state index contributed by atoms with van der Waals surface area (Å²) in [4.78, 5) is 0. The predicted molar refractivity (Wildman–Crippen MR) is 101 cm³/mol. The quantitative estimate of drug-likeness (QED) is 0.236. The van der Waals surface area contributed by atoms with Gasteiger partial charge < -0.3 is 4.74 Å². The number of alkyl halides is 3. The Labute approximate surface area is 154 Å². The second kappa shape index (κ2) is 16.0. The molecule has 0 aromatic heterocycles. The monoisotopic (exact) mass is 366 g/mol. The Hall–Kier alpha value is -0.250. The molecule has 0 amide bonds. The molecular formula is C21H41F3O. The van der Waals surface area contributed by atoms with Crippen molar-refractivity contribution in [1.82, 2.24) is 0 Å². The zero-order chi connectivity index (χ0) is 19.0. The van der Waals surface area contributed by atoms with Crippen LogP contribution in [0.2, 0.25) is 0 Å². The summed E-state index contributed by atoms with van der Waals surface area (Å²) < 4.78 is 44.9. The fraction of sp³-hybridized carbons (Fsp3) is 1.00. The van der Waals surface area contributed by atoms with Crippen LogP contribution in [0.25, 0.3) is 0 Å². The Morgan fingerprint density at radius 1 is 0.640 bits per heavy atom. The first kappa shape index (κ1) is 24.8. The molecule has 0 heterocycles. The predicted octanol–water partition coefficient (Wildman–Crippen LogP) is 8.07. The van der Waals surface area contributed by atoms with Gasteiger partial charge in [-0.3, -0.25) is 0 Å². The van der Waals surface area contributed by atoms with E-state index in [0.717, 1.165) is 25.7 Å². The molecule has 0 N–H and O–H groups in total. The first-order chi connectivity index (χ1) is 12.0. The van der Waals surface area contributed by atoms with Crippen LogP contribution in [-0.4, -0.2) is 18.9 Å². The van der Waals surface area contributed by atoms with Crippen LogP contribution in [0.5, 0.6) is 0 Å². The molecule has 0 aliphatic heterocycles. The van der Waals surface area contributed by atoms with Gasteiger partial charge in [0.1, 0.15) is 0 Å². The third-order valence-electron chi connectivity index (χ3n) is 4.98. The van der Waals surface area contributed by atoms with Gasteiger partial charge in [-0.05, 0) is 32.6 Å². The van der Waals surface area contributed by atoms with Gasteiger partial charge in [-0.2, -0.15) is 13.2 Å². The smallest absolute Gasteiger partial charge is 0.379 e. The summed E-state index contributed by atoms with van der Waals surface area (Å²) in [5.41, 5.74) is 0. The molecule has 2 unspecified atom stereocenters. The summed E-state index contributed by atoms with van der Waals surface area (Å²) in [6, 6.07) is 0. The lowest BCUT2D eigenvalue weighted by molar-refractivity contribution is -0.179. The van der Waals surface area contributed by atoms with Gasteiger partial charge in [0.2, 0.25) is 0 Å². The van der Waals surface area contributed by atoms with Crippen molar-refractivity contribution in [1.29, 1.82) is 0 Å². The molecule has 0 aromatic rings. The van der Waals surface area contributed by atoms with E-state index in [1.165, 1.54) is 38.5 Å². The lowest BCUT2D eigenvalue weighted by Gasteiger charge is -2.22. The molecule has 4 heteroatoms. The van der Waals surface area contributed by atoms with Gasteiger partial charge >= 0.3 is 6.18 Å². The van der Waals surface area contributed by atoms with Crippen LogP contribution in [0, 0.1) is 5.92 Å². The zero-order valence-corrected chi connectivity index (χ0v) is 16.8. The minimum atomic E-state index is -4.05. The van der Waals surface area contributed by atoms with Crippen molar-refractivity contribution in [2.24, 2.45) is 5.92 Å². The summed E-state index contributed by atoms with van der Waals surface area (Å²) in [6.45, 7) is 6.79. The van der Waals surface area contributed by atoms with E-state index in [9.17, 15) is 13.2 Å². The third-order valence-corrected chi connectivity index (χ3v) is 4.98. The minimum absolute atomic E-state index is 0.140. The van der Waals surface area contributed by atoms with E-state index >= 15 is 0 Å². The highest BCUT2D eigenvalue weighted by Crippen LogP contribution is 2.34. The molecule has 0 radical (unpaired) electrons. The van der Waals surface area contributed by atoms with Gasteiger partial charge in [-0.15, -0.1) is 0 Å². The first-order valence-electron chi connectivity index (χ1n) is 10.6. The second-order valence-corrected chi connectivity index (χ2v) is 7.30. The number of ether oxygens (including phenoxy) is 1. The van der Waals surface area contributed by atoms with Gasteiger partial charge in [-0.1, -0.05) is 78.1 Å². The maximum atomic E-state index is 13.1. The van der Waals surface area contributed by atoms with Gasteiger partial charge in [0.05, 0.1) is 12.0 Å². The van der Waals surface area contributed by atoms with Crippen LogP contribution in [0.4, 0.5) is 13.2 Å². The lowest BCUT2D eigenvalue weighted by atomic mass is 9.93. The van der Waals surface area contributed by atoms with Crippen LogP contribution < -0.4 is 0 Å². The lowest BCUT2D eigenvalue weighted by Crippen LogP contribution is -2.23. The van der Waals surface area contributed by atoms with Crippen LogP contribution >= 0.6 is 0 Å². The molecule has 0 aromatic carbocycles. The fourth-order valence-corrected chi connectivity index (χ4v) is 3.39. The molecule has 25 heavy (non-hydrogen) atoms.